The third-order valence-electron chi connectivity index (χ3n) is 12.4. The summed E-state index contributed by atoms with van der Waals surface area (Å²) in [7, 11) is 0. The highest BCUT2D eigenvalue weighted by Crippen LogP contribution is 2.35. The van der Waals surface area contributed by atoms with E-state index in [2.05, 4.69) is 52.8 Å². The van der Waals surface area contributed by atoms with Crippen LogP contribution in [0.15, 0.2) is 119 Å². The van der Waals surface area contributed by atoms with Crippen molar-refractivity contribution in [2.45, 2.75) is 83.5 Å². The summed E-state index contributed by atoms with van der Waals surface area (Å²) in [5.74, 6) is -2.46. The van der Waals surface area contributed by atoms with E-state index >= 15 is 0 Å². The Labute approximate surface area is 417 Å². The molecule has 3 N–H and O–H groups in total. The van der Waals surface area contributed by atoms with Crippen LogP contribution in [0.25, 0.3) is 33.0 Å². The number of rotatable bonds is 21. The zero-order valence-corrected chi connectivity index (χ0v) is 40.0. The van der Waals surface area contributed by atoms with E-state index in [0.29, 0.717) is 81.0 Å². The van der Waals surface area contributed by atoms with Crippen molar-refractivity contribution in [1.82, 2.24) is 40.5 Å². The first-order valence-electron chi connectivity index (χ1n) is 23.4. The number of imide groups is 1. The predicted octanol–water partition coefficient (Wildman–Crippen LogP) is 8.61. The summed E-state index contributed by atoms with van der Waals surface area (Å²) in [5.41, 5.74) is 15.1. The van der Waals surface area contributed by atoms with Gasteiger partial charge in [0.15, 0.2) is 0 Å². The van der Waals surface area contributed by atoms with Gasteiger partial charge in [0.2, 0.25) is 23.7 Å². The lowest BCUT2D eigenvalue weighted by Crippen LogP contribution is -2.53. The number of nitrogens with zero attached hydrogens (tertiary/aromatic N) is 10. The predicted molar refractivity (Wildman–Crippen MR) is 265 cm³/mol. The van der Waals surface area contributed by atoms with Crippen molar-refractivity contribution in [3.8, 4) is 22.5 Å². The highest BCUT2D eigenvalue weighted by atomic mass is 35.5. The molecular weight excluding hydrogens is 948 g/mol. The summed E-state index contributed by atoms with van der Waals surface area (Å²) in [6, 6.07) is 14.9. The van der Waals surface area contributed by atoms with Crippen LogP contribution in [0, 0.1) is 11.6 Å². The largest absolute Gasteiger partial charge is 0.381 e. The fraction of sp³-hybridized carbons (Fsp3) is 0.314. The quantitative estimate of drug-likeness (QED) is 0.0158. The molecule has 5 aromatic rings. The Balaban J connectivity index is 0.754. The molecule has 2 aromatic heterocycles. The molecule has 0 aliphatic carbocycles. The van der Waals surface area contributed by atoms with Gasteiger partial charge in [-0.15, -0.1) is 5.10 Å². The van der Waals surface area contributed by atoms with E-state index in [9.17, 15) is 33.5 Å². The third-order valence-corrected chi connectivity index (χ3v) is 12.6. The first-order valence-corrected chi connectivity index (χ1v) is 23.8. The smallest absolute Gasteiger partial charge is 0.250 e. The van der Waals surface area contributed by atoms with Gasteiger partial charge in [-0.3, -0.25) is 34.2 Å². The van der Waals surface area contributed by atoms with Gasteiger partial charge in [0.25, 0.3) is 5.91 Å². The average Bonchev–Trinajstić information content (AvgIpc) is 3.90. The molecular formula is C51H50ClF2N13O5. The number of fused-ring (bicyclic) bond motifs is 3. The van der Waals surface area contributed by atoms with Crippen molar-refractivity contribution in [3.05, 3.63) is 152 Å². The van der Waals surface area contributed by atoms with Crippen molar-refractivity contribution in [1.29, 1.82) is 0 Å². The van der Waals surface area contributed by atoms with E-state index in [1.54, 1.807) is 48.3 Å². The number of azide groups is 1. The standard InChI is InChI=1S/C51H50ClF2N13O5/c1-3-35(22-32-26-67(50(71)30(32)2)43-19-20-45(69)60-49(43)70)58-44(68)12-7-5-4-6-8-21-72-29-37(62-64-55)27-66-28-42(63-65-66)31-13-16-36(17-14-31)59-51-57-25-33-24-56-48(46-40(53)10-9-11-41(46)54)39-23-34(52)15-18-38(39)47(33)61-51/h3,9-11,13-18,22-23,25,28,37,43H,1,4-8,12,19-21,24,26-27,29H2,2H3,(H,58,68)(H,57,59,61)(H,60,69,70)/b35-22+. The van der Waals surface area contributed by atoms with Gasteiger partial charge in [0.05, 0.1) is 48.9 Å². The van der Waals surface area contributed by atoms with E-state index in [4.69, 9.17) is 21.3 Å². The second-order valence-corrected chi connectivity index (χ2v) is 17.8. The number of benzene rings is 3. The van der Waals surface area contributed by atoms with Gasteiger partial charge in [0, 0.05) is 81.3 Å². The summed E-state index contributed by atoms with van der Waals surface area (Å²) in [6.45, 7) is 6.68. The van der Waals surface area contributed by atoms with Crippen molar-refractivity contribution in [2.24, 2.45) is 10.1 Å². The highest BCUT2D eigenvalue weighted by Gasteiger charge is 2.38. The van der Waals surface area contributed by atoms with Gasteiger partial charge in [-0.1, -0.05) is 72.0 Å². The lowest BCUT2D eigenvalue weighted by Gasteiger charge is -2.29. The Morgan fingerprint density at radius 2 is 1.85 bits per heavy atom. The molecule has 1 saturated heterocycles. The maximum atomic E-state index is 15.0. The topological polar surface area (TPSA) is 234 Å². The monoisotopic (exact) mass is 997 g/mol. The summed E-state index contributed by atoms with van der Waals surface area (Å²) in [5, 5.41) is 21.2. The number of anilines is 2. The zero-order chi connectivity index (χ0) is 50.7. The van der Waals surface area contributed by atoms with Crippen LogP contribution in [0.4, 0.5) is 20.4 Å². The van der Waals surface area contributed by atoms with Crippen molar-refractivity contribution >= 4 is 52.6 Å². The van der Waals surface area contributed by atoms with Gasteiger partial charge in [-0.25, -0.2) is 18.7 Å². The number of ether oxygens (including phenoxy) is 1. The minimum atomic E-state index is -0.738. The number of carbonyl (C=O) groups excluding carboxylic acids is 4. The van der Waals surface area contributed by atoms with Gasteiger partial charge in [-0.05, 0) is 85.8 Å². The van der Waals surface area contributed by atoms with E-state index in [-0.39, 0.29) is 68.1 Å². The number of nitrogens with one attached hydrogen (secondary N) is 3. The molecule has 18 nitrogen and oxygen atoms in total. The van der Waals surface area contributed by atoms with Crippen molar-refractivity contribution in [2.75, 3.05) is 25.1 Å². The number of unbranched alkanes of at least 4 members (excludes halogenated alkanes) is 4. The van der Waals surface area contributed by atoms with Crippen molar-refractivity contribution < 1.29 is 32.7 Å². The van der Waals surface area contributed by atoms with E-state index in [1.165, 1.54) is 29.2 Å². The molecule has 2 atom stereocenters. The lowest BCUT2D eigenvalue weighted by molar-refractivity contribution is -0.142. The summed E-state index contributed by atoms with van der Waals surface area (Å²) in [6.07, 6.45) is 11.5. The molecule has 370 valence electrons. The van der Waals surface area contributed by atoms with Crippen molar-refractivity contribution in [3.63, 3.8) is 0 Å². The fourth-order valence-electron chi connectivity index (χ4n) is 8.62. The number of piperidine rings is 1. The van der Waals surface area contributed by atoms with Gasteiger partial charge < -0.3 is 20.3 Å². The van der Waals surface area contributed by atoms with Crippen LogP contribution in [0.5, 0.6) is 0 Å². The van der Waals surface area contributed by atoms with Gasteiger partial charge in [-0.2, -0.15) is 0 Å². The number of carbonyl (C=O) groups is 4. The van der Waals surface area contributed by atoms with Crippen LogP contribution in [-0.2, 0) is 37.0 Å². The SMILES string of the molecule is C=C/C(=C\C1=C(C)C(=O)N(C2CCC(=O)NC2=O)C1)NC(=O)CCCCCCCOCC(Cn1cc(-c2ccc(Nc3ncc4c(n3)-c3ccc(Cl)cc3C(c3c(F)cccc3F)=NC4)cc2)nn1)N=[N+]=[N-]. The molecule has 3 aliphatic heterocycles. The van der Waals surface area contributed by atoms with Crippen LogP contribution in [-0.4, -0.2) is 91.0 Å². The van der Waals surface area contributed by atoms with E-state index in [1.807, 2.05) is 24.3 Å². The highest BCUT2D eigenvalue weighted by molar-refractivity contribution is 6.31. The molecule has 21 heteroatoms. The van der Waals surface area contributed by atoms with Crippen LogP contribution in [0.1, 0.15) is 75.0 Å². The molecule has 0 bridgehead atoms. The van der Waals surface area contributed by atoms with Crippen LogP contribution in [0.3, 0.4) is 0 Å². The maximum Gasteiger partial charge on any atom is 0.250 e. The van der Waals surface area contributed by atoms with Crippen LogP contribution < -0.4 is 16.0 Å². The summed E-state index contributed by atoms with van der Waals surface area (Å²) < 4.78 is 37.4. The molecule has 4 amide bonds. The summed E-state index contributed by atoms with van der Waals surface area (Å²) >= 11 is 6.37. The second kappa shape index (κ2) is 23.3. The Kier molecular flexibility index (Phi) is 16.3. The number of aromatic nitrogens is 5. The average molecular weight is 998 g/mol. The molecule has 8 rings (SSSR count). The molecule has 0 radical (unpaired) electrons. The van der Waals surface area contributed by atoms with Gasteiger partial charge in [0.1, 0.15) is 23.4 Å². The third kappa shape index (κ3) is 12.1. The Morgan fingerprint density at radius 3 is 2.61 bits per heavy atom. The molecule has 3 aromatic carbocycles. The second-order valence-electron chi connectivity index (χ2n) is 17.4. The fourth-order valence-corrected chi connectivity index (χ4v) is 8.79. The molecule has 3 aliphatic rings. The lowest BCUT2D eigenvalue weighted by atomic mass is 9.95. The molecule has 0 spiro atoms. The van der Waals surface area contributed by atoms with Gasteiger partial charge >= 0.3 is 0 Å². The minimum Gasteiger partial charge on any atom is -0.381 e. The Hall–Kier alpha value is -7.93. The number of hydrogen-bond acceptors (Lipinski definition) is 12. The zero-order valence-electron chi connectivity index (χ0n) is 39.3. The van der Waals surface area contributed by atoms with E-state index < -0.39 is 29.6 Å². The molecule has 2 unspecified atom stereocenters. The normalized spacial score (nSPS) is 16.0. The number of allylic oxidation sites excluding steroid dienone is 1. The number of halogens is 3. The maximum absolute atomic E-state index is 15.0. The van der Waals surface area contributed by atoms with Crippen LogP contribution in [0.2, 0.25) is 5.02 Å². The summed E-state index contributed by atoms with van der Waals surface area (Å²) in [4.78, 5) is 67.9. The first kappa shape index (κ1) is 50.5. The first-order chi connectivity index (χ1) is 34.9. The molecule has 1 fully saturated rings. The Morgan fingerprint density at radius 1 is 1.07 bits per heavy atom. The molecule has 0 saturated carbocycles. The number of aliphatic imine (C=N–C) groups is 1. The van der Waals surface area contributed by atoms with E-state index in [0.717, 1.165) is 31.2 Å². The molecule has 5 heterocycles. The Bertz CT molecular complexity index is 3040. The van der Waals surface area contributed by atoms with Crippen LogP contribution >= 0.6 is 11.6 Å². The molecule has 72 heavy (non-hydrogen) atoms. The number of amides is 4. The number of hydrogen-bond donors (Lipinski definition) is 3. The minimum absolute atomic E-state index is 0.0919.